The van der Waals surface area contributed by atoms with E-state index in [1.54, 1.807) is 6.92 Å². The molecule has 0 saturated heterocycles. The molecule has 0 bridgehead atoms. The Labute approximate surface area is 96.9 Å². The van der Waals surface area contributed by atoms with E-state index in [0.717, 1.165) is 25.7 Å². The van der Waals surface area contributed by atoms with Crippen molar-refractivity contribution in [3.63, 3.8) is 0 Å². The second-order valence-electron chi connectivity index (χ2n) is 4.15. The van der Waals surface area contributed by atoms with Gasteiger partial charge in [0.2, 0.25) is 0 Å². The lowest BCUT2D eigenvalue weighted by atomic mass is 9.90. The number of esters is 1. The fourth-order valence-corrected chi connectivity index (χ4v) is 2.06. The van der Waals surface area contributed by atoms with E-state index in [-0.39, 0.29) is 17.7 Å². The lowest BCUT2D eigenvalue weighted by Crippen LogP contribution is -2.27. The van der Waals surface area contributed by atoms with Crippen LogP contribution in [-0.2, 0) is 14.3 Å². The molecular weight excluding hydrogens is 204 g/mol. The van der Waals surface area contributed by atoms with Gasteiger partial charge in [-0.25, -0.2) is 0 Å². The third-order valence-corrected chi connectivity index (χ3v) is 2.92. The van der Waals surface area contributed by atoms with Gasteiger partial charge < -0.3 is 4.74 Å². The lowest BCUT2D eigenvalue weighted by molar-refractivity contribution is -0.151. The van der Waals surface area contributed by atoms with Crippen LogP contribution in [-0.4, -0.2) is 18.4 Å². The van der Waals surface area contributed by atoms with Gasteiger partial charge in [-0.3, -0.25) is 9.59 Å². The van der Waals surface area contributed by atoms with E-state index in [9.17, 15) is 9.59 Å². The number of allylic oxidation sites excluding steroid dienone is 2. The first-order chi connectivity index (χ1) is 7.70. The van der Waals surface area contributed by atoms with Gasteiger partial charge in [0.25, 0.3) is 0 Å². The number of ketones is 1. The minimum Gasteiger partial charge on any atom is -0.465 e. The van der Waals surface area contributed by atoms with Gasteiger partial charge in [-0.2, -0.15) is 0 Å². The fourth-order valence-electron chi connectivity index (χ4n) is 2.06. The van der Waals surface area contributed by atoms with E-state index in [0.29, 0.717) is 6.61 Å². The number of unbranched alkanes of at least 4 members (excludes halogenated alkanes) is 2. The SMILES string of the molecule is CCCCC[C@@H]1C=CC(=O)[C@H]1C(=O)OCC. The molecule has 3 heteroatoms. The largest absolute Gasteiger partial charge is 0.465 e. The maximum Gasteiger partial charge on any atom is 0.317 e. The van der Waals surface area contributed by atoms with E-state index < -0.39 is 5.92 Å². The summed E-state index contributed by atoms with van der Waals surface area (Å²) in [6.07, 6.45) is 7.65. The van der Waals surface area contributed by atoms with Gasteiger partial charge in [-0.15, -0.1) is 0 Å². The summed E-state index contributed by atoms with van der Waals surface area (Å²) in [4.78, 5) is 23.2. The molecule has 16 heavy (non-hydrogen) atoms. The van der Waals surface area contributed by atoms with Crippen LogP contribution in [0.3, 0.4) is 0 Å². The van der Waals surface area contributed by atoms with Crippen LogP contribution in [0.4, 0.5) is 0 Å². The second-order valence-corrected chi connectivity index (χ2v) is 4.15. The predicted octanol–water partition coefficient (Wildman–Crippen LogP) is 2.50. The molecule has 0 N–H and O–H groups in total. The molecule has 0 heterocycles. The van der Waals surface area contributed by atoms with Gasteiger partial charge in [0.15, 0.2) is 5.78 Å². The lowest BCUT2D eigenvalue weighted by Gasteiger charge is -2.16. The number of carbonyl (C=O) groups is 2. The Morgan fingerprint density at radius 1 is 1.38 bits per heavy atom. The van der Waals surface area contributed by atoms with E-state index in [1.807, 2.05) is 6.08 Å². The van der Waals surface area contributed by atoms with Crippen LogP contribution >= 0.6 is 0 Å². The number of hydrogen-bond acceptors (Lipinski definition) is 3. The Morgan fingerprint density at radius 3 is 2.75 bits per heavy atom. The molecule has 0 unspecified atom stereocenters. The molecule has 0 aromatic carbocycles. The molecule has 0 radical (unpaired) electrons. The molecule has 0 aromatic rings. The molecule has 0 amide bonds. The molecule has 3 nitrogen and oxygen atoms in total. The van der Waals surface area contributed by atoms with E-state index in [4.69, 9.17) is 4.74 Å². The number of ether oxygens (including phenoxy) is 1. The summed E-state index contributed by atoms with van der Waals surface area (Å²) in [5.74, 6) is -0.978. The quantitative estimate of drug-likeness (QED) is 0.395. The molecule has 1 aliphatic carbocycles. The second kappa shape index (κ2) is 6.46. The molecular formula is C13H20O3. The molecule has 0 saturated carbocycles. The van der Waals surface area contributed by atoms with E-state index in [2.05, 4.69) is 6.92 Å². The van der Waals surface area contributed by atoms with Crippen LogP contribution in [0.25, 0.3) is 0 Å². The standard InChI is InChI=1S/C13H20O3/c1-3-5-6-7-10-8-9-11(14)12(10)13(15)16-4-2/h8-10,12H,3-7H2,1-2H3/t10-,12+/m1/s1. The van der Waals surface area contributed by atoms with Gasteiger partial charge in [0, 0.05) is 0 Å². The maximum absolute atomic E-state index is 11.6. The average Bonchev–Trinajstić information content (AvgIpc) is 2.61. The highest BCUT2D eigenvalue weighted by molar-refractivity contribution is 6.07. The first-order valence-corrected chi connectivity index (χ1v) is 6.09. The average molecular weight is 224 g/mol. The molecule has 0 aliphatic heterocycles. The highest BCUT2D eigenvalue weighted by atomic mass is 16.5. The Kier molecular flexibility index (Phi) is 5.23. The van der Waals surface area contributed by atoms with Crippen molar-refractivity contribution in [3.8, 4) is 0 Å². The first-order valence-electron chi connectivity index (χ1n) is 6.09. The van der Waals surface area contributed by atoms with Crippen LogP contribution in [0.15, 0.2) is 12.2 Å². The number of rotatable bonds is 6. The monoisotopic (exact) mass is 224 g/mol. The molecule has 0 aromatic heterocycles. The summed E-state index contributed by atoms with van der Waals surface area (Å²) in [6.45, 7) is 4.24. The highest BCUT2D eigenvalue weighted by Gasteiger charge is 2.36. The minimum absolute atomic E-state index is 0.0538. The normalized spacial score (nSPS) is 23.8. The predicted molar refractivity (Wildman–Crippen MR) is 61.9 cm³/mol. The molecule has 2 atom stereocenters. The number of hydrogen-bond donors (Lipinski definition) is 0. The zero-order valence-corrected chi connectivity index (χ0v) is 10.1. The summed E-state index contributed by atoms with van der Waals surface area (Å²) in [5, 5.41) is 0. The zero-order valence-electron chi connectivity index (χ0n) is 10.1. The Bertz CT molecular complexity index is 281. The van der Waals surface area contributed by atoms with Crippen molar-refractivity contribution in [3.05, 3.63) is 12.2 Å². The van der Waals surface area contributed by atoms with Gasteiger partial charge in [-0.05, 0) is 25.3 Å². The minimum atomic E-state index is -0.572. The van der Waals surface area contributed by atoms with E-state index >= 15 is 0 Å². The van der Waals surface area contributed by atoms with Crippen molar-refractivity contribution in [1.82, 2.24) is 0 Å². The van der Waals surface area contributed by atoms with Crippen LogP contribution in [0.1, 0.15) is 39.5 Å². The van der Waals surface area contributed by atoms with Gasteiger partial charge in [0.05, 0.1) is 6.61 Å². The van der Waals surface area contributed by atoms with E-state index in [1.165, 1.54) is 6.08 Å². The van der Waals surface area contributed by atoms with Crippen LogP contribution in [0.5, 0.6) is 0 Å². The van der Waals surface area contributed by atoms with Crippen molar-refractivity contribution in [2.24, 2.45) is 11.8 Å². The summed E-state index contributed by atoms with van der Waals surface area (Å²) < 4.78 is 4.93. The van der Waals surface area contributed by atoms with Crippen molar-refractivity contribution in [2.45, 2.75) is 39.5 Å². The summed E-state index contributed by atoms with van der Waals surface area (Å²) in [7, 11) is 0. The third-order valence-electron chi connectivity index (χ3n) is 2.92. The summed E-state index contributed by atoms with van der Waals surface area (Å²) in [6, 6.07) is 0. The van der Waals surface area contributed by atoms with Gasteiger partial charge in [0.1, 0.15) is 5.92 Å². The number of carbonyl (C=O) groups excluding carboxylic acids is 2. The Hall–Kier alpha value is -1.12. The molecule has 1 aliphatic rings. The maximum atomic E-state index is 11.6. The fraction of sp³-hybridized carbons (Fsp3) is 0.692. The van der Waals surface area contributed by atoms with Crippen LogP contribution in [0.2, 0.25) is 0 Å². The van der Waals surface area contributed by atoms with Gasteiger partial charge in [-0.1, -0.05) is 32.3 Å². The first kappa shape index (κ1) is 12.9. The third kappa shape index (κ3) is 3.19. The highest BCUT2D eigenvalue weighted by Crippen LogP contribution is 2.28. The smallest absolute Gasteiger partial charge is 0.317 e. The molecule has 1 rings (SSSR count). The van der Waals surface area contributed by atoms with Crippen LogP contribution < -0.4 is 0 Å². The van der Waals surface area contributed by atoms with Crippen molar-refractivity contribution in [2.75, 3.05) is 6.61 Å². The summed E-state index contributed by atoms with van der Waals surface area (Å²) >= 11 is 0. The zero-order chi connectivity index (χ0) is 12.0. The van der Waals surface area contributed by atoms with Gasteiger partial charge >= 0.3 is 5.97 Å². The molecule has 0 fully saturated rings. The van der Waals surface area contributed by atoms with Crippen molar-refractivity contribution < 1.29 is 14.3 Å². The Morgan fingerprint density at radius 2 is 2.12 bits per heavy atom. The topological polar surface area (TPSA) is 43.4 Å². The Balaban J connectivity index is 2.51. The van der Waals surface area contributed by atoms with Crippen molar-refractivity contribution in [1.29, 1.82) is 0 Å². The summed E-state index contributed by atoms with van der Waals surface area (Å²) in [5.41, 5.74) is 0. The molecule has 90 valence electrons. The van der Waals surface area contributed by atoms with Crippen molar-refractivity contribution >= 4 is 11.8 Å². The van der Waals surface area contributed by atoms with Crippen LogP contribution in [0, 0.1) is 11.8 Å². The molecule has 0 spiro atoms.